The molecule has 0 bridgehead atoms. The van der Waals surface area contributed by atoms with Gasteiger partial charge in [-0.3, -0.25) is 9.69 Å². The fourth-order valence-electron chi connectivity index (χ4n) is 2.83. The van der Waals surface area contributed by atoms with Crippen LogP contribution in [-0.4, -0.2) is 60.4 Å². The monoisotopic (exact) mass is 470 g/mol. The Hall–Kier alpha value is -3.79. The van der Waals surface area contributed by atoms with Crippen LogP contribution < -0.4 is 9.47 Å². The molecule has 0 unspecified atom stereocenters. The van der Waals surface area contributed by atoms with Crippen LogP contribution in [0.15, 0.2) is 52.4 Å². The lowest BCUT2D eigenvalue weighted by atomic mass is 10.2. The molecule has 0 saturated carbocycles. The summed E-state index contributed by atoms with van der Waals surface area (Å²) in [4.78, 5) is 41.6. The Morgan fingerprint density at radius 1 is 1.15 bits per heavy atom. The number of amidine groups is 1. The minimum atomic E-state index is -1.10. The molecule has 0 aromatic heterocycles. The molecule has 10 heteroatoms. The van der Waals surface area contributed by atoms with E-state index in [0.717, 1.165) is 0 Å². The minimum absolute atomic E-state index is 0.216. The molecule has 2 aromatic rings. The molecule has 1 amide bonds. The zero-order valence-corrected chi connectivity index (χ0v) is 19.0. The fourth-order valence-corrected chi connectivity index (χ4v) is 3.82. The molecule has 0 aliphatic carbocycles. The number of hydrogen-bond donors (Lipinski definition) is 1. The van der Waals surface area contributed by atoms with E-state index < -0.39 is 18.5 Å². The zero-order chi connectivity index (χ0) is 24.0. The molecule has 0 spiro atoms. The van der Waals surface area contributed by atoms with E-state index in [1.165, 1.54) is 23.8 Å². The highest BCUT2D eigenvalue weighted by atomic mass is 32.2. The van der Waals surface area contributed by atoms with Gasteiger partial charge in [0.1, 0.15) is 0 Å². The van der Waals surface area contributed by atoms with Crippen molar-refractivity contribution in [3.63, 3.8) is 0 Å². The molecule has 3 rings (SSSR count). The highest BCUT2D eigenvalue weighted by Gasteiger charge is 2.30. The first-order chi connectivity index (χ1) is 15.8. The predicted molar refractivity (Wildman–Crippen MR) is 124 cm³/mol. The Morgan fingerprint density at radius 2 is 1.88 bits per heavy atom. The standard InChI is InChI=1S/C23H22N2O7S/c1-4-31-22(29)15-6-8-16(9-7-15)24-23-25(2)21(28)19(33-23)12-14-5-10-17(18(11-14)30-3)32-13-20(26)27/h5-12H,4,13H2,1-3H3,(H,26,27)/b19-12-,24-23?. The summed E-state index contributed by atoms with van der Waals surface area (Å²) in [5.74, 6) is -1.07. The van der Waals surface area contributed by atoms with E-state index in [1.807, 2.05) is 0 Å². The van der Waals surface area contributed by atoms with E-state index in [1.54, 1.807) is 62.5 Å². The maximum Gasteiger partial charge on any atom is 0.341 e. The molecule has 1 aliphatic rings. The molecule has 33 heavy (non-hydrogen) atoms. The number of benzene rings is 2. The van der Waals surface area contributed by atoms with Crippen LogP contribution in [-0.2, 0) is 14.3 Å². The molecule has 9 nitrogen and oxygen atoms in total. The van der Waals surface area contributed by atoms with Gasteiger partial charge >= 0.3 is 11.9 Å². The number of methoxy groups -OCH3 is 1. The van der Waals surface area contributed by atoms with Gasteiger partial charge < -0.3 is 19.3 Å². The van der Waals surface area contributed by atoms with Crippen LogP contribution in [0.3, 0.4) is 0 Å². The van der Waals surface area contributed by atoms with Crippen molar-refractivity contribution in [2.75, 3.05) is 27.4 Å². The summed E-state index contributed by atoms with van der Waals surface area (Å²) in [6.07, 6.45) is 1.69. The molecule has 1 saturated heterocycles. The number of likely N-dealkylation sites (N-methyl/N-ethyl adjacent to an activating group) is 1. The first kappa shape index (κ1) is 23.9. The Bertz CT molecular complexity index is 1130. The van der Waals surface area contributed by atoms with Gasteiger partial charge in [-0.2, -0.15) is 0 Å². The smallest absolute Gasteiger partial charge is 0.341 e. The lowest BCUT2D eigenvalue weighted by molar-refractivity contribution is -0.139. The Balaban J connectivity index is 1.79. The van der Waals surface area contributed by atoms with Crippen LogP contribution in [0.1, 0.15) is 22.8 Å². The average molecular weight is 471 g/mol. The number of esters is 1. The van der Waals surface area contributed by atoms with Crippen molar-refractivity contribution >= 4 is 46.5 Å². The fraction of sp³-hybridized carbons (Fsp3) is 0.217. The van der Waals surface area contributed by atoms with Crippen molar-refractivity contribution in [1.82, 2.24) is 4.90 Å². The summed E-state index contributed by atoms with van der Waals surface area (Å²) in [5.41, 5.74) is 1.70. The van der Waals surface area contributed by atoms with E-state index in [9.17, 15) is 14.4 Å². The molecular formula is C23H22N2O7S. The third-order valence-corrected chi connectivity index (χ3v) is 5.50. The van der Waals surface area contributed by atoms with E-state index in [-0.39, 0.29) is 11.7 Å². The lowest BCUT2D eigenvalue weighted by Crippen LogP contribution is -2.23. The lowest BCUT2D eigenvalue weighted by Gasteiger charge is -2.09. The Morgan fingerprint density at radius 3 is 2.52 bits per heavy atom. The van der Waals surface area contributed by atoms with Crippen LogP contribution in [0.2, 0.25) is 0 Å². The first-order valence-electron chi connectivity index (χ1n) is 9.88. The van der Waals surface area contributed by atoms with Crippen LogP contribution in [0, 0.1) is 0 Å². The number of aliphatic imine (C=N–C) groups is 1. The summed E-state index contributed by atoms with van der Waals surface area (Å²) in [7, 11) is 3.08. The number of rotatable bonds is 8. The van der Waals surface area contributed by atoms with Gasteiger partial charge in [0.25, 0.3) is 5.91 Å². The van der Waals surface area contributed by atoms with Gasteiger partial charge in [-0.15, -0.1) is 0 Å². The summed E-state index contributed by atoms with van der Waals surface area (Å²) in [5, 5.41) is 9.26. The largest absolute Gasteiger partial charge is 0.493 e. The van der Waals surface area contributed by atoms with Crippen LogP contribution in [0.5, 0.6) is 11.5 Å². The second-order valence-electron chi connectivity index (χ2n) is 6.73. The number of carboxylic acids is 1. The van der Waals surface area contributed by atoms with Crippen molar-refractivity contribution in [2.24, 2.45) is 4.99 Å². The molecule has 1 N–H and O–H groups in total. The van der Waals surface area contributed by atoms with Gasteiger partial charge in [-0.25, -0.2) is 14.6 Å². The SMILES string of the molecule is CCOC(=O)c1ccc(N=C2S/C(=C\c3ccc(OCC(=O)O)c(OC)c3)C(=O)N2C)cc1. The minimum Gasteiger partial charge on any atom is -0.493 e. The van der Waals surface area contributed by atoms with Gasteiger partial charge in [-0.1, -0.05) is 6.07 Å². The highest BCUT2D eigenvalue weighted by molar-refractivity contribution is 8.18. The van der Waals surface area contributed by atoms with E-state index in [0.29, 0.717) is 39.2 Å². The number of aliphatic carboxylic acids is 1. The van der Waals surface area contributed by atoms with Crippen molar-refractivity contribution in [3.05, 3.63) is 58.5 Å². The summed E-state index contributed by atoms with van der Waals surface area (Å²) < 4.78 is 15.4. The van der Waals surface area contributed by atoms with Crippen molar-refractivity contribution in [2.45, 2.75) is 6.92 Å². The van der Waals surface area contributed by atoms with Crippen LogP contribution in [0.25, 0.3) is 6.08 Å². The van der Waals surface area contributed by atoms with E-state index in [4.69, 9.17) is 19.3 Å². The van der Waals surface area contributed by atoms with Gasteiger partial charge in [-0.05, 0) is 66.7 Å². The first-order valence-corrected chi connectivity index (χ1v) is 10.7. The summed E-state index contributed by atoms with van der Waals surface area (Å²) in [6.45, 7) is 1.55. The van der Waals surface area contributed by atoms with Gasteiger partial charge in [0.05, 0.1) is 29.9 Å². The third kappa shape index (κ3) is 5.92. The summed E-state index contributed by atoms with van der Waals surface area (Å²) in [6, 6.07) is 11.5. The number of thioether (sulfide) groups is 1. The Kier molecular flexibility index (Phi) is 7.73. The zero-order valence-electron chi connectivity index (χ0n) is 18.2. The maximum absolute atomic E-state index is 12.7. The highest BCUT2D eigenvalue weighted by Crippen LogP contribution is 2.35. The third-order valence-electron chi connectivity index (χ3n) is 4.44. The van der Waals surface area contributed by atoms with Crippen molar-refractivity contribution in [3.8, 4) is 11.5 Å². The molecule has 0 atom stereocenters. The number of carbonyl (C=O) groups excluding carboxylic acids is 2. The molecule has 1 heterocycles. The average Bonchev–Trinajstić information content (AvgIpc) is 3.06. The van der Waals surface area contributed by atoms with E-state index in [2.05, 4.69) is 4.99 Å². The second-order valence-corrected chi connectivity index (χ2v) is 7.74. The number of carboxylic acid groups (broad SMARTS) is 1. The van der Waals surface area contributed by atoms with Gasteiger partial charge in [0.2, 0.25) is 0 Å². The van der Waals surface area contributed by atoms with Gasteiger partial charge in [0.15, 0.2) is 23.3 Å². The normalized spacial score (nSPS) is 15.7. The molecule has 2 aromatic carbocycles. The Labute approximate surface area is 194 Å². The number of nitrogens with zero attached hydrogens (tertiary/aromatic N) is 2. The topological polar surface area (TPSA) is 115 Å². The number of hydrogen-bond acceptors (Lipinski definition) is 8. The molecule has 1 fully saturated rings. The molecule has 0 radical (unpaired) electrons. The van der Waals surface area contributed by atoms with E-state index >= 15 is 0 Å². The van der Waals surface area contributed by atoms with Crippen LogP contribution in [0.4, 0.5) is 5.69 Å². The second kappa shape index (κ2) is 10.7. The molecular weight excluding hydrogens is 448 g/mol. The quantitative estimate of drug-likeness (QED) is 0.460. The summed E-state index contributed by atoms with van der Waals surface area (Å²) >= 11 is 1.21. The van der Waals surface area contributed by atoms with Crippen LogP contribution >= 0.6 is 11.8 Å². The number of carbonyl (C=O) groups is 3. The molecule has 1 aliphatic heterocycles. The van der Waals surface area contributed by atoms with Crippen molar-refractivity contribution in [1.29, 1.82) is 0 Å². The number of ether oxygens (including phenoxy) is 3. The van der Waals surface area contributed by atoms with Gasteiger partial charge in [0, 0.05) is 7.05 Å². The molecule has 172 valence electrons. The van der Waals surface area contributed by atoms with Crippen molar-refractivity contribution < 1.29 is 33.7 Å². The number of amides is 1. The maximum atomic E-state index is 12.7. The predicted octanol–water partition coefficient (Wildman–Crippen LogP) is 3.57.